The van der Waals surface area contributed by atoms with Gasteiger partial charge >= 0.3 is 12.0 Å². The molecule has 1 aliphatic rings. The highest BCUT2D eigenvalue weighted by Crippen LogP contribution is 2.22. The van der Waals surface area contributed by atoms with E-state index < -0.39 is 11.9 Å². The molecular weight excluding hydrogens is 480 g/mol. The van der Waals surface area contributed by atoms with E-state index in [2.05, 4.69) is 20.9 Å². The van der Waals surface area contributed by atoms with Gasteiger partial charge in [0, 0.05) is 44.1 Å². The Morgan fingerprint density at radius 3 is 2.62 bits per heavy atom. The van der Waals surface area contributed by atoms with Crippen molar-refractivity contribution in [1.82, 2.24) is 15.6 Å². The molecule has 1 saturated heterocycles. The van der Waals surface area contributed by atoms with Crippen LogP contribution in [-0.4, -0.2) is 79.5 Å². The number of aliphatic hydroxyl groups excluding tert-OH is 1. The van der Waals surface area contributed by atoms with Crippen molar-refractivity contribution in [2.24, 2.45) is 0 Å². The van der Waals surface area contributed by atoms with Gasteiger partial charge in [-0.2, -0.15) is 0 Å². The first-order chi connectivity index (χ1) is 17.8. The molecule has 0 aliphatic carbocycles. The number of aryl methyl sites for hydroxylation is 1. The number of nitrogens with zero attached hydrogens (tertiary/aromatic N) is 1. The number of benzene rings is 1. The summed E-state index contributed by atoms with van der Waals surface area (Å²) >= 11 is 0. The molecule has 0 radical (unpaired) electrons. The number of aromatic nitrogens is 1. The second kappa shape index (κ2) is 14.5. The summed E-state index contributed by atoms with van der Waals surface area (Å²) in [4.78, 5) is 27.7. The van der Waals surface area contributed by atoms with E-state index in [-0.39, 0.29) is 37.7 Å². The van der Waals surface area contributed by atoms with Gasteiger partial charge in [-0.15, -0.1) is 0 Å². The predicted octanol–water partition coefficient (Wildman–Crippen LogP) is 1.86. The Hall–Kier alpha value is -3.25. The maximum Gasteiger partial charge on any atom is 0.319 e. The van der Waals surface area contributed by atoms with Crippen LogP contribution < -0.4 is 20.7 Å². The Balaban J connectivity index is 1.21. The second-order valence-corrected chi connectivity index (χ2v) is 9.06. The molecule has 1 aromatic carbocycles. The Morgan fingerprint density at radius 1 is 1.16 bits per heavy atom. The van der Waals surface area contributed by atoms with Crippen LogP contribution in [0.3, 0.4) is 0 Å². The van der Waals surface area contributed by atoms with E-state index in [4.69, 9.17) is 18.9 Å². The van der Waals surface area contributed by atoms with E-state index in [9.17, 15) is 14.7 Å². The number of urea groups is 1. The molecule has 0 saturated carbocycles. The monoisotopic (exact) mass is 516 g/mol. The van der Waals surface area contributed by atoms with Gasteiger partial charge in [-0.05, 0) is 50.1 Å². The maximum atomic E-state index is 12.0. The normalized spacial score (nSPS) is 17.1. The van der Waals surface area contributed by atoms with E-state index in [0.717, 1.165) is 5.56 Å². The van der Waals surface area contributed by atoms with Crippen LogP contribution in [0.4, 0.5) is 10.5 Å². The molecule has 0 spiro atoms. The Morgan fingerprint density at radius 2 is 1.92 bits per heavy atom. The van der Waals surface area contributed by atoms with Crippen molar-refractivity contribution in [1.29, 1.82) is 0 Å². The Kier molecular flexibility index (Phi) is 11.1. The van der Waals surface area contributed by atoms with Crippen molar-refractivity contribution < 1.29 is 33.6 Å². The minimum absolute atomic E-state index is 0.123. The molecule has 1 fully saturated rings. The van der Waals surface area contributed by atoms with Crippen LogP contribution in [0.1, 0.15) is 25.8 Å². The number of ether oxygens (including phenoxy) is 4. The number of rotatable bonds is 14. The first kappa shape index (κ1) is 28.3. The van der Waals surface area contributed by atoms with Gasteiger partial charge in [-0.1, -0.05) is 12.1 Å². The molecule has 2 atom stereocenters. The zero-order valence-corrected chi connectivity index (χ0v) is 21.3. The van der Waals surface area contributed by atoms with Crippen molar-refractivity contribution in [3.8, 4) is 5.75 Å². The number of anilines is 1. The average molecular weight is 517 g/mol. The molecule has 2 amide bonds. The first-order valence-electron chi connectivity index (χ1n) is 12.3. The third kappa shape index (κ3) is 11.1. The average Bonchev–Trinajstić information content (AvgIpc) is 3.24. The van der Waals surface area contributed by atoms with Gasteiger partial charge in [-0.3, -0.25) is 9.78 Å². The van der Waals surface area contributed by atoms with Gasteiger partial charge < -0.3 is 40.0 Å². The number of carbonyl (C=O) groups excluding carboxylic acids is 2. The summed E-state index contributed by atoms with van der Waals surface area (Å²) in [6.07, 6.45) is 3.07. The quantitative estimate of drug-likeness (QED) is 0.219. The topological polar surface area (TPSA) is 140 Å². The lowest BCUT2D eigenvalue weighted by atomic mass is 10.1. The van der Waals surface area contributed by atoms with Crippen LogP contribution in [-0.2, 0) is 25.4 Å². The van der Waals surface area contributed by atoms with Crippen LogP contribution >= 0.6 is 0 Å². The van der Waals surface area contributed by atoms with Crippen molar-refractivity contribution in [2.75, 3.05) is 44.8 Å². The van der Waals surface area contributed by atoms with Gasteiger partial charge in [0.2, 0.25) is 0 Å². The number of hydrogen-bond acceptors (Lipinski definition) is 9. The molecular formula is C26H36N4O7. The van der Waals surface area contributed by atoms with E-state index >= 15 is 0 Å². The van der Waals surface area contributed by atoms with Gasteiger partial charge in [0.25, 0.3) is 0 Å². The van der Waals surface area contributed by atoms with Crippen molar-refractivity contribution in [2.45, 2.75) is 44.7 Å². The fourth-order valence-electron chi connectivity index (χ4n) is 3.50. The number of hydrogen-bond donors (Lipinski definition) is 4. The summed E-state index contributed by atoms with van der Waals surface area (Å²) < 4.78 is 22.0. The van der Waals surface area contributed by atoms with Crippen molar-refractivity contribution in [3.05, 3.63) is 54.4 Å². The van der Waals surface area contributed by atoms with Crippen molar-refractivity contribution >= 4 is 17.7 Å². The largest absolute Gasteiger partial charge is 0.491 e. The highest BCUT2D eigenvalue weighted by Gasteiger charge is 2.33. The van der Waals surface area contributed by atoms with E-state index in [1.807, 2.05) is 26.0 Å². The summed E-state index contributed by atoms with van der Waals surface area (Å²) in [5.41, 5.74) is 1.64. The standard InChI is InChI=1S/C26H36N4O7/c1-26(2)36-18-23(37-26)17-35-24(32)8-5-19-3-6-22(7-4-19)34-16-21(31)15-28-13-14-29-25(33)30-20-9-11-27-12-10-20/h3-4,6-7,9-12,21,23,28,31H,5,8,13-18H2,1-2H3,(H2,27,29,30,33). The highest BCUT2D eigenvalue weighted by molar-refractivity contribution is 5.89. The van der Waals surface area contributed by atoms with Crippen molar-refractivity contribution in [3.63, 3.8) is 0 Å². The molecule has 0 bridgehead atoms. The number of nitrogens with one attached hydrogen (secondary N) is 3. The molecule has 3 rings (SSSR count). The number of aliphatic hydroxyl groups is 1. The predicted molar refractivity (Wildman–Crippen MR) is 136 cm³/mol. The van der Waals surface area contributed by atoms with Gasteiger partial charge in [0.05, 0.1) is 6.61 Å². The van der Waals surface area contributed by atoms with E-state index in [0.29, 0.717) is 44.1 Å². The SMILES string of the molecule is CC1(C)OCC(COC(=O)CCc2ccc(OCC(O)CNCCNC(=O)Nc3ccncc3)cc2)O1. The maximum absolute atomic E-state index is 12.0. The third-order valence-electron chi connectivity index (χ3n) is 5.39. The molecule has 11 nitrogen and oxygen atoms in total. The smallest absolute Gasteiger partial charge is 0.319 e. The number of amides is 2. The zero-order valence-electron chi connectivity index (χ0n) is 21.3. The first-order valence-corrected chi connectivity index (χ1v) is 12.3. The summed E-state index contributed by atoms with van der Waals surface area (Å²) in [5, 5.41) is 18.6. The van der Waals surface area contributed by atoms with E-state index in [1.54, 1.807) is 36.7 Å². The van der Waals surface area contributed by atoms with Crippen LogP contribution in [0.25, 0.3) is 0 Å². The van der Waals surface area contributed by atoms with Gasteiger partial charge in [0.15, 0.2) is 5.79 Å². The lowest BCUT2D eigenvalue weighted by molar-refractivity contribution is -0.158. The zero-order chi connectivity index (χ0) is 26.5. The third-order valence-corrected chi connectivity index (χ3v) is 5.39. The van der Waals surface area contributed by atoms with Crippen LogP contribution in [0.2, 0.25) is 0 Å². The molecule has 202 valence electrons. The molecule has 2 unspecified atom stereocenters. The number of carbonyl (C=O) groups is 2. The van der Waals surface area contributed by atoms with Gasteiger partial charge in [-0.25, -0.2) is 4.79 Å². The molecule has 37 heavy (non-hydrogen) atoms. The minimum atomic E-state index is -0.708. The number of pyridine rings is 1. The summed E-state index contributed by atoms with van der Waals surface area (Å²) in [6, 6.07) is 10.5. The van der Waals surface area contributed by atoms with Crippen LogP contribution in [0.5, 0.6) is 5.75 Å². The van der Waals surface area contributed by atoms with Crippen LogP contribution in [0.15, 0.2) is 48.8 Å². The second-order valence-electron chi connectivity index (χ2n) is 9.06. The molecule has 4 N–H and O–H groups in total. The fraction of sp³-hybridized carbons (Fsp3) is 0.500. The summed E-state index contributed by atoms with van der Waals surface area (Å²) in [7, 11) is 0. The lowest BCUT2D eigenvalue weighted by Crippen LogP contribution is -2.38. The molecule has 1 aromatic heterocycles. The molecule has 2 aromatic rings. The summed E-state index contributed by atoms with van der Waals surface area (Å²) in [5.74, 6) is -0.291. The Labute approximate surface area is 216 Å². The molecule has 11 heteroatoms. The highest BCUT2D eigenvalue weighted by atomic mass is 16.7. The van der Waals surface area contributed by atoms with Gasteiger partial charge in [0.1, 0.15) is 31.2 Å². The molecule has 2 heterocycles. The Bertz CT molecular complexity index is 973. The van der Waals surface area contributed by atoms with Crippen LogP contribution in [0, 0.1) is 0 Å². The van der Waals surface area contributed by atoms with E-state index in [1.165, 1.54) is 0 Å². The number of esters is 1. The fourth-order valence-corrected chi connectivity index (χ4v) is 3.50. The summed E-state index contributed by atoms with van der Waals surface area (Å²) in [6.45, 7) is 5.60. The molecule has 1 aliphatic heterocycles. The minimum Gasteiger partial charge on any atom is -0.491 e. The lowest BCUT2D eigenvalue weighted by Gasteiger charge is -2.17.